The number of hydrogen-bond acceptors (Lipinski definition) is 5. The summed E-state index contributed by atoms with van der Waals surface area (Å²) in [6, 6.07) is 16.3. The number of carbonyl (C=O) groups is 2. The van der Waals surface area contributed by atoms with Crippen LogP contribution >= 0.6 is 0 Å². The van der Waals surface area contributed by atoms with E-state index in [1.54, 1.807) is 44.5 Å². The molecule has 0 aliphatic carbocycles. The largest absolute Gasteiger partial charge is 0.497 e. The summed E-state index contributed by atoms with van der Waals surface area (Å²) in [5.74, 6) is 0.489. The third kappa shape index (κ3) is 6.44. The number of methoxy groups -OCH3 is 1. The van der Waals surface area contributed by atoms with Gasteiger partial charge in [-0.1, -0.05) is 36.4 Å². The minimum absolute atomic E-state index is 0.0175. The molecule has 0 saturated carbocycles. The normalized spacial score (nSPS) is 10.5. The van der Waals surface area contributed by atoms with Gasteiger partial charge in [0.1, 0.15) is 12.4 Å². The van der Waals surface area contributed by atoms with Gasteiger partial charge >= 0.3 is 6.09 Å². The highest BCUT2D eigenvalue weighted by atomic mass is 16.6. The third-order valence-electron chi connectivity index (χ3n) is 3.97. The van der Waals surface area contributed by atoms with Gasteiger partial charge in [-0.25, -0.2) is 4.79 Å². The summed E-state index contributed by atoms with van der Waals surface area (Å²) in [6.45, 7) is 0.0986. The molecule has 0 aliphatic heterocycles. The Kier molecular flexibility index (Phi) is 8.05. The van der Waals surface area contributed by atoms with Gasteiger partial charge in [-0.3, -0.25) is 10.0 Å². The van der Waals surface area contributed by atoms with Crippen LogP contribution in [0.4, 0.5) is 10.5 Å². The van der Waals surface area contributed by atoms with Gasteiger partial charge in [0.25, 0.3) is 0 Å². The Morgan fingerprint density at radius 2 is 1.75 bits per heavy atom. The second kappa shape index (κ2) is 10.7. The SMILES string of the molecule is COc1ccc(N(C)C(=O)/C=C/CCN(O)C(=O)OCc2ccccc2)cc1. The summed E-state index contributed by atoms with van der Waals surface area (Å²) in [5, 5.41) is 10.2. The maximum Gasteiger partial charge on any atom is 0.434 e. The van der Waals surface area contributed by atoms with Crippen molar-refractivity contribution in [3.05, 3.63) is 72.3 Å². The molecule has 0 unspecified atom stereocenters. The van der Waals surface area contributed by atoms with Crippen LogP contribution in [0.5, 0.6) is 5.75 Å². The second-order valence-electron chi connectivity index (χ2n) is 5.95. The van der Waals surface area contributed by atoms with E-state index in [2.05, 4.69) is 0 Å². The lowest BCUT2D eigenvalue weighted by atomic mass is 10.2. The van der Waals surface area contributed by atoms with Crippen molar-refractivity contribution in [2.45, 2.75) is 13.0 Å². The molecule has 7 nitrogen and oxygen atoms in total. The van der Waals surface area contributed by atoms with Gasteiger partial charge in [-0.2, -0.15) is 5.06 Å². The van der Waals surface area contributed by atoms with Gasteiger partial charge in [0.15, 0.2) is 0 Å². The van der Waals surface area contributed by atoms with Crippen molar-refractivity contribution in [1.29, 1.82) is 0 Å². The molecule has 0 aliphatic rings. The van der Waals surface area contributed by atoms with Crippen molar-refractivity contribution in [2.24, 2.45) is 0 Å². The fourth-order valence-electron chi connectivity index (χ4n) is 2.31. The van der Waals surface area contributed by atoms with Crippen molar-refractivity contribution in [3.63, 3.8) is 0 Å². The van der Waals surface area contributed by atoms with Crippen molar-refractivity contribution >= 4 is 17.7 Å². The summed E-state index contributed by atoms with van der Waals surface area (Å²) < 4.78 is 10.1. The van der Waals surface area contributed by atoms with Crippen LogP contribution in [0.2, 0.25) is 0 Å². The first-order valence-corrected chi connectivity index (χ1v) is 8.76. The first kappa shape index (κ1) is 21.0. The minimum atomic E-state index is -0.834. The molecular formula is C21H24N2O5. The lowest BCUT2D eigenvalue weighted by molar-refractivity contribution is -0.113. The van der Waals surface area contributed by atoms with Gasteiger partial charge in [-0.15, -0.1) is 0 Å². The summed E-state index contributed by atoms with van der Waals surface area (Å²) >= 11 is 0. The average molecular weight is 384 g/mol. The van der Waals surface area contributed by atoms with E-state index in [0.29, 0.717) is 17.2 Å². The minimum Gasteiger partial charge on any atom is -0.497 e. The smallest absolute Gasteiger partial charge is 0.434 e. The van der Waals surface area contributed by atoms with Crippen molar-refractivity contribution < 1.29 is 24.3 Å². The highest BCUT2D eigenvalue weighted by molar-refractivity contribution is 6.00. The third-order valence-corrected chi connectivity index (χ3v) is 3.97. The van der Waals surface area contributed by atoms with Crippen LogP contribution in [-0.2, 0) is 16.1 Å². The first-order chi connectivity index (χ1) is 13.5. The van der Waals surface area contributed by atoms with Crippen LogP contribution < -0.4 is 9.64 Å². The average Bonchev–Trinajstić information content (AvgIpc) is 2.74. The number of hydrogen-bond donors (Lipinski definition) is 1. The molecule has 0 bridgehead atoms. The number of rotatable bonds is 8. The van der Waals surface area contributed by atoms with Gasteiger partial charge < -0.3 is 14.4 Å². The predicted octanol–water partition coefficient (Wildman–Crippen LogP) is 3.63. The number of carbonyl (C=O) groups excluding carboxylic acids is 2. The van der Waals surface area contributed by atoms with E-state index in [1.807, 2.05) is 30.3 Å². The van der Waals surface area contributed by atoms with E-state index in [-0.39, 0.29) is 19.1 Å². The number of hydroxylamine groups is 2. The maximum absolute atomic E-state index is 12.2. The molecule has 2 amide bonds. The molecule has 0 aromatic heterocycles. The molecule has 0 fully saturated rings. The lowest BCUT2D eigenvalue weighted by Crippen LogP contribution is -2.29. The Bertz CT molecular complexity index is 790. The van der Waals surface area contributed by atoms with Gasteiger partial charge in [0.2, 0.25) is 5.91 Å². The molecule has 2 rings (SSSR count). The van der Waals surface area contributed by atoms with E-state index in [9.17, 15) is 14.8 Å². The van der Waals surface area contributed by atoms with Crippen LogP contribution in [0.3, 0.4) is 0 Å². The van der Waals surface area contributed by atoms with Crippen LogP contribution in [0.25, 0.3) is 0 Å². The Balaban J connectivity index is 1.73. The Morgan fingerprint density at radius 3 is 2.39 bits per heavy atom. The monoisotopic (exact) mass is 384 g/mol. The van der Waals surface area contributed by atoms with Crippen LogP contribution in [0.1, 0.15) is 12.0 Å². The lowest BCUT2D eigenvalue weighted by Gasteiger charge is -2.16. The Morgan fingerprint density at radius 1 is 1.07 bits per heavy atom. The highest BCUT2D eigenvalue weighted by Gasteiger charge is 2.12. The number of nitrogens with zero attached hydrogens (tertiary/aromatic N) is 2. The number of anilines is 1. The van der Waals surface area contributed by atoms with Crippen molar-refractivity contribution in [2.75, 3.05) is 25.6 Å². The topological polar surface area (TPSA) is 79.3 Å². The zero-order valence-corrected chi connectivity index (χ0v) is 15.9. The number of benzene rings is 2. The molecule has 2 aromatic rings. The molecular weight excluding hydrogens is 360 g/mol. The number of likely N-dealkylation sites (N-methyl/N-ethyl adjacent to an activating group) is 1. The molecule has 0 atom stereocenters. The summed E-state index contributed by atoms with van der Waals surface area (Å²) in [7, 11) is 3.24. The second-order valence-corrected chi connectivity index (χ2v) is 5.95. The first-order valence-electron chi connectivity index (χ1n) is 8.76. The molecule has 0 heterocycles. The van der Waals surface area contributed by atoms with Gasteiger partial charge in [0.05, 0.1) is 13.7 Å². The standard InChI is InChI=1S/C21H24N2O5/c1-22(18-11-13-19(27-2)14-12-18)20(24)10-6-7-15-23(26)21(25)28-16-17-8-4-3-5-9-17/h3-6,8-14,26H,7,15-16H2,1-2H3/b10-6+. The number of ether oxygens (including phenoxy) is 2. The molecule has 1 N–H and O–H groups in total. The summed E-state index contributed by atoms with van der Waals surface area (Å²) in [4.78, 5) is 25.4. The highest BCUT2D eigenvalue weighted by Crippen LogP contribution is 2.18. The quantitative estimate of drug-likeness (QED) is 0.427. The fourth-order valence-corrected chi connectivity index (χ4v) is 2.31. The van der Waals surface area contributed by atoms with Crippen molar-refractivity contribution in [1.82, 2.24) is 5.06 Å². The molecule has 7 heteroatoms. The van der Waals surface area contributed by atoms with E-state index in [4.69, 9.17) is 9.47 Å². The Hall–Kier alpha value is -3.32. The zero-order chi connectivity index (χ0) is 20.4. The molecule has 2 aromatic carbocycles. The van der Waals surface area contributed by atoms with E-state index >= 15 is 0 Å². The van der Waals surface area contributed by atoms with E-state index < -0.39 is 6.09 Å². The van der Waals surface area contributed by atoms with Crippen LogP contribution in [0, 0.1) is 0 Å². The van der Waals surface area contributed by atoms with E-state index in [1.165, 1.54) is 11.0 Å². The predicted molar refractivity (Wildman–Crippen MR) is 105 cm³/mol. The Labute approximate surface area is 164 Å². The van der Waals surface area contributed by atoms with Gasteiger partial charge in [-0.05, 0) is 42.3 Å². The summed E-state index contributed by atoms with van der Waals surface area (Å²) in [6.07, 6.45) is 2.46. The molecule has 0 spiro atoms. The molecule has 148 valence electrons. The molecule has 0 saturated heterocycles. The maximum atomic E-state index is 12.2. The molecule has 0 radical (unpaired) electrons. The zero-order valence-electron chi connectivity index (χ0n) is 15.9. The molecule has 28 heavy (non-hydrogen) atoms. The number of amides is 2. The van der Waals surface area contributed by atoms with Gasteiger partial charge in [0, 0.05) is 12.7 Å². The van der Waals surface area contributed by atoms with E-state index in [0.717, 1.165) is 11.3 Å². The van der Waals surface area contributed by atoms with Crippen LogP contribution in [0.15, 0.2) is 66.7 Å². The van der Waals surface area contributed by atoms with Crippen LogP contribution in [-0.4, -0.2) is 43.0 Å². The fraction of sp³-hybridized carbons (Fsp3) is 0.238. The summed E-state index contributed by atoms with van der Waals surface area (Å²) in [5.41, 5.74) is 1.56. The van der Waals surface area contributed by atoms with Crippen molar-refractivity contribution in [3.8, 4) is 5.75 Å².